The highest BCUT2D eigenvalue weighted by Gasteiger charge is 2.27. The molecule has 0 spiro atoms. The van der Waals surface area contributed by atoms with Gasteiger partial charge in [0.1, 0.15) is 29.5 Å². The number of carbonyl (C=O) groups excluding carboxylic acids is 1. The number of nitrogens with zero attached hydrogens (tertiary/aromatic N) is 5. The highest BCUT2D eigenvalue weighted by molar-refractivity contribution is 6.01. The molecule has 0 unspecified atom stereocenters. The number of likely N-dealkylation sites (tertiary alicyclic amines) is 1. The van der Waals surface area contributed by atoms with Gasteiger partial charge >= 0.3 is 0 Å². The van der Waals surface area contributed by atoms with Gasteiger partial charge in [-0.2, -0.15) is 0 Å². The summed E-state index contributed by atoms with van der Waals surface area (Å²) < 4.78 is 30.2. The molecule has 0 N–H and O–H groups in total. The molecule has 212 valence electrons. The monoisotopic (exact) mass is 557 g/mol. The Morgan fingerprint density at radius 1 is 1.02 bits per heavy atom. The van der Waals surface area contributed by atoms with Crippen LogP contribution in [0.4, 0.5) is 14.6 Å². The summed E-state index contributed by atoms with van der Waals surface area (Å²) in [5, 5.41) is 4.98. The smallest absolute Gasteiger partial charge is 0.256 e. The minimum Gasteiger partial charge on any atom is -0.361 e. The number of piperidine rings is 1. The minimum atomic E-state index is -0.622. The average molecular weight is 558 g/mol. The summed E-state index contributed by atoms with van der Waals surface area (Å²) in [6, 6.07) is 7.25. The second-order valence-electron chi connectivity index (χ2n) is 11.2. The van der Waals surface area contributed by atoms with Gasteiger partial charge in [-0.05, 0) is 67.7 Å². The molecule has 1 amide bonds. The van der Waals surface area contributed by atoms with E-state index in [-0.39, 0.29) is 23.3 Å². The Balaban J connectivity index is 1.25. The van der Waals surface area contributed by atoms with Crippen molar-refractivity contribution in [2.24, 2.45) is 17.0 Å². The third kappa shape index (κ3) is 5.45. The molecule has 0 saturated carbocycles. The number of benzene rings is 2. The molecular weight excluding hydrogens is 524 g/mol. The van der Waals surface area contributed by atoms with Crippen LogP contribution in [-0.2, 0) is 4.84 Å². The highest BCUT2D eigenvalue weighted by atomic mass is 19.1. The van der Waals surface area contributed by atoms with E-state index in [1.54, 1.807) is 11.0 Å². The third-order valence-electron chi connectivity index (χ3n) is 8.15. The number of hydrogen-bond donors (Lipinski definition) is 0. The fourth-order valence-corrected chi connectivity index (χ4v) is 5.84. The van der Waals surface area contributed by atoms with Crippen LogP contribution in [0.3, 0.4) is 0 Å². The first-order chi connectivity index (χ1) is 19.9. The van der Waals surface area contributed by atoms with E-state index >= 15 is 8.78 Å². The lowest BCUT2D eigenvalue weighted by Crippen LogP contribution is -2.36. The molecule has 2 saturated heterocycles. The maximum atomic E-state index is 15.2. The lowest BCUT2D eigenvalue weighted by atomic mass is 9.91. The van der Waals surface area contributed by atoms with Crippen molar-refractivity contribution in [2.45, 2.75) is 39.5 Å². The Kier molecular flexibility index (Phi) is 7.51. The normalized spacial score (nSPS) is 18.0. The van der Waals surface area contributed by atoms with Gasteiger partial charge in [0.25, 0.3) is 5.91 Å². The third-order valence-corrected chi connectivity index (χ3v) is 8.15. The van der Waals surface area contributed by atoms with Crippen LogP contribution in [0, 0.1) is 23.5 Å². The predicted octanol–water partition coefficient (Wildman–Crippen LogP) is 6.51. The molecule has 2 aromatic carbocycles. The van der Waals surface area contributed by atoms with Gasteiger partial charge < -0.3 is 14.6 Å². The number of oxime groups is 1. The number of amides is 1. The molecular formula is C32H33F2N5O2. The molecule has 41 heavy (non-hydrogen) atoms. The number of aromatic nitrogens is 2. The van der Waals surface area contributed by atoms with Crippen molar-refractivity contribution >= 4 is 28.3 Å². The summed E-state index contributed by atoms with van der Waals surface area (Å²) >= 11 is 0. The summed E-state index contributed by atoms with van der Waals surface area (Å²) in [6.45, 7) is 6.84. The molecule has 9 heteroatoms. The van der Waals surface area contributed by atoms with Crippen LogP contribution in [0.1, 0.15) is 49.9 Å². The minimum absolute atomic E-state index is 0.0317. The molecule has 7 nitrogen and oxygen atoms in total. The van der Waals surface area contributed by atoms with Gasteiger partial charge in [-0.1, -0.05) is 31.1 Å². The number of allylic oxidation sites excluding steroid dienone is 4. The predicted molar refractivity (Wildman–Crippen MR) is 156 cm³/mol. The number of carbonyl (C=O) groups is 1. The molecule has 4 heterocycles. The first-order valence-electron chi connectivity index (χ1n) is 14.3. The molecule has 1 aromatic heterocycles. The Labute approximate surface area is 238 Å². The molecule has 3 aliphatic rings. The summed E-state index contributed by atoms with van der Waals surface area (Å²) in [4.78, 5) is 31.3. The number of rotatable bonds is 5. The summed E-state index contributed by atoms with van der Waals surface area (Å²) in [6.07, 6.45) is 11.0. The average Bonchev–Trinajstić information content (AvgIpc) is 3.40. The molecule has 2 fully saturated rings. The lowest BCUT2D eigenvalue weighted by Gasteiger charge is -2.33. The quantitative estimate of drug-likeness (QED) is 0.358. The first kappa shape index (κ1) is 27.1. The molecule has 0 aliphatic carbocycles. The first-order valence-corrected chi connectivity index (χ1v) is 14.3. The van der Waals surface area contributed by atoms with Crippen molar-refractivity contribution in [3.05, 3.63) is 77.8 Å². The fraction of sp³-hybridized carbons (Fsp3) is 0.375. The zero-order valence-electron chi connectivity index (χ0n) is 23.3. The number of anilines is 1. The van der Waals surface area contributed by atoms with Gasteiger partial charge in [-0.3, -0.25) is 4.79 Å². The van der Waals surface area contributed by atoms with Gasteiger partial charge in [0, 0.05) is 49.0 Å². The topological polar surface area (TPSA) is 70.9 Å². The fourth-order valence-electron chi connectivity index (χ4n) is 5.84. The van der Waals surface area contributed by atoms with Crippen molar-refractivity contribution in [3.8, 4) is 11.1 Å². The Bertz CT molecular complexity index is 1570. The molecule has 0 bridgehead atoms. The van der Waals surface area contributed by atoms with Crippen LogP contribution >= 0.6 is 0 Å². The number of hydrogen-bond acceptors (Lipinski definition) is 6. The van der Waals surface area contributed by atoms with Gasteiger partial charge in [0.05, 0.1) is 16.8 Å². The largest absolute Gasteiger partial charge is 0.361 e. The zero-order chi connectivity index (χ0) is 28.5. The number of fused-ring (bicyclic) bond motifs is 1. The van der Waals surface area contributed by atoms with Gasteiger partial charge in [0.15, 0.2) is 0 Å². The van der Waals surface area contributed by atoms with Crippen LogP contribution < -0.4 is 4.90 Å². The second kappa shape index (κ2) is 11.4. The lowest BCUT2D eigenvalue weighted by molar-refractivity contribution is 0.0788. The second-order valence-corrected chi connectivity index (χ2v) is 11.2. The summed E-state index contributed by atoms with van der Waals surface area (Å²) in [5.74, 6) is 0.598. The SMILES string of the molecule is CC(C)C1=CC=CC(C2CCN(c3ncnc4c(-c5ccc(C(=O)N6CCCC6)c(F)c5)cc(F)cc34)CC2)=NO1. The standard InChI is InChI=1S/C32H33F2N5O2/c1-20(2)29-7-5-6-28(37-41-29)21-10-14-38(15-11-21)31-26-18-23(33)17-25(30(26)35-19-36-31)22-8-9-24(27(34)16-22)32(40)39-12-3-4-13-39/h5-9,16-21H,3-4,10-15H2,1-2H3. The van der Waals surface area contributed by atoms with Gasteiger partial charge in [-0.25, -0.2) is 18.7 Å². The molecule has 0 radical (unpaired) electrons. The Hall–Kier alpha value is -4.14. The summed E-state index contributed by atoms with van der Waals surface area (Å²) in [7, 11) is 0. The zero-order valence-corrected chi connectivity index (χ0v) is 23.3. The van der Waals surface area contributed by atoms with Crippen molar-refractivity contribution in [1.29, 1.82) is 0 Å². The highest BCUT2D eigenvalue weighted by Crippen LogP contribution is 2.35. The van der Waals surface area contributed by atoms with E-state index in [9.17, 15) is 4.79 Å². The van der Waals surface area contributed by atoms with Crippen LogP contribution in [0.5, 0.6) is 0 Å². The Morgan fingerprint density at radius 3 is 2.54 bits per heavy atom. The molecule has 3 aliphatic heterocycles. The van der Waals surface area contributed by atoms with Crippen molar-refractivity contribution in [2.75, 3.05) is 31.1 Å². The maximum absolute atomic E-state index is 15.2. The van der Waals surface area contributed by atoms with E-state index in [4.69, 9.17) is 4.84 Å². The van der Waals surface area contributed by atoms with Crippen molar-refractivity contribution < 1.29 is 18.4 Å². The Morgan fingerprint density at radius 2 is 1.80 bits per heavy atom. The van der Waals surface area contributed by atoms with Gasteiger partial charge in [0.2, 0.25) is 0 Å². The van der Waals surface area contributed by atoms with Crippen LogP contribution in [-0.4, -0.2) is 52.7 Å². The number of halogens is 2. The maximum Gasteiger partial charge on any atom is 0.256 e. The van der Waals surface area contributed by atoms with Crippen LogP contribution in [0.2, 0.25) is 0 Å². The van der Waals surface area contributed by atoms with Crippen LogP contribution in [0.25, 0.3) is 22.0 Å². The van der Waals surface area contributed by atoms with E-state index in [0.29, 0.717) is 54.0 Å². The van der Waals surface area contributed by atoms with Crippen LogP contribution in [0.15, 0.2) is 65.8 Å². The van der Waals surface area contributed by atoms with E-state index in [1.165, 1.54) is 30.6 Å². The van der Waals surface area contributed by atoms with Crippen molar-refractivity contribution in [3.63, 3.8) is 0 Å². The summed E-state index contributed by atoms with van der Waals surface area (Å²) in [5.41, 5.74) is 2.41. The molecule has 0 atom stereocenters. The van der Waals surface area contributed by atoms with Gasteiger partial charge in [-0.15, -0.1) is 0 Å². The molecule has 3 aromatic rings. The van der Waals surface area contributed by atoms with E-state index in [2.05, 4.69) is 33.9 Å². The van der Waals surface area contributed by atoms with Crippen molar-refractivity contribution in [1.82, 2.24) is 14.9 Å². The van der Waals surface area contributed by atoms with E-state index < -0.39 is 11.6 Å². The molecule has 6 rings (SSSR count). The van der Waals surface area contributed by atoms with E-state index in [1.807, 2.05) is 18.2 Å². The van der Waals surface area contributed by atoms with E-state index in [0.717, 1.165) is 37.2 Å².